The van der Waals surface area contributed by atoms with E-state index in [9.17, 15) is 10.2 Å². The second kappa shape index (κ2) is 8.89. The van der Waals surface area contributed by atoms with Crippen LogP contribution in [0, 0.1) is 0 Å². The van der Waals surface area contributed by atoms with Gasteiger partial charge in [0.05, 0.1) is 41.7 Å². The van der Waals surface area contributed by atoms with E-state index in [0.29, 0.717) is 56.8 Å². The van der Waals surface area contributed by atoms with E-state index in [1.54, 1.807) is 64.8 Å². The van der Waals surface area contributed by atoms with Crippen molar-refractivity contribution in [3.8, 4) is 45.6 Å². The molecule has 0 radical (unpaired) electrons. The molecule has 0 aliphatic carbocycles. The van der Waals surface area contributed by atoms with Crippen molar-refractivity contribution < 1.29 is 33.6 Å². The first-order valence-electron chi connectivity index (χ1n) is 8.92. The smallest absolute Gasteiger partial charge is 0.161 e. The van der Waals surface area contributed by atoms with E-state index in [4.69, 9.17) is 23.4 Å². The normalized spacial score (nSPS) is 10.7. The molecular formula is C22H24O7. The van der Waals surface area contributed by atoms with E-state index in [-0.39, 0.29) is 13.2 Å². The van der Waals surface area contributed by atoms with Crippen molar-refractivity contribution in [1.82, 2.24) is 0 Å². The summed E-state index contributed by atoms with van der Waals surface area (Å²) in [6.07, 6.45) is 0. The summed E-state index contributed by atoms with van der Waals surface area (Å²) >= 11 is 0. The van der Waals surface area contributed by atoms with Gasteiger partial charge in [-0.3, -0.25) is 0 Å². The molecule has 0 unspecified atom stereocenters. The minimum Gasteiger partial charge on any atom is -0.493 e. The Kier molecular flexibility index (Phi) is 6.31. The molecule has 0 spiro atoms. The van der Waals surface area contributed by atoms with Crippen molar-refractivity contribution in [3.63, 3.8) is 0 Å². The van der Waals surface area contributed by atoms with Gasteiger partial charge >= 0.3 is 0 Å². The molecule has 7 nitrogen and oxygen atoms in total. The van der Waals surface area contributed by atoms with Crippen LogP contribution in [0.3, 0.4) is 0 Å². The van der Waals surface area contributed by atoms with Gasteiger partial charge in [-0.15, -0.1) is 0 Å². The van der Waals surface area contributed by atoms with E-state index in [2.05, 4.69) is 0 Å². The first-order chi connectivity index (χ1) is 14.1. The van der Waals surface area contributed by atoms with Crippen molar-refractivity contribution >= 4 is 0 Å². The molecule has 29 heavy (non-hydrogen) atoms. The SMILES string of the molecule is COc1ccc(-c2oc(-c3ccc(OC)c(OC)c3)c(CO)c2CO)cc1OC. The molecule has 0 saturated heterocycles. The molecule has 2 N–H and O–H groups in total. The second-order valence-corrected chi connectivity index (χ2v) is 6.17. The topological polar surface area (TPSA) is 90.5 Å². The summed E-state index contributed by atoms with van der Waals surface area (Å²) in [5.74, 6) is 3.11. The summed E-state index contributed by atoms with van der Waals surface area (Å²) in [5.41, 5.74) is 2.38. The summed E-state index contributed by atoms with van der Waals surface area (Å²) in [7, 11) is 6.21. The van der Waals surface area contributed by atoms with E-state index >= 15 is 0 Å². The number of furan rings is 1. The van der Waals surface area contributed by atoms with Crippen LogP contribution in [0.4, 0.5) is 0 Å². The van der Waals surface area contributed by atoms with Gasteiger partial charge < -0.3 is 33.6 Å². The van der Waals surface area contributed by atoms with Crippen molar-refractivity contribution in [3.05, 3.63) is 47.5 Å². The molecule has 0 saturated carbocycles. The summed E-state index contributed by atoms with van der Waals surface area (Å²) in [6.45, 7) is -0.591. The zero-order valence-corrected chi connectivity index (χ0v) is 16.8. The van der Waals surface area contributed by atoms with Crippen molar-refractivity contribution in [2.75, 3.05) is 28.4 Å². The summed E-state index contributed by atoms with van der Waals surface area (Å²) in [5, 5.41) is 20.0. The predicted octanol–water partition coefficient (Wildman–Crippen LogP) is 3.63. The zero-order chi connectivity index (χ0) is 21.0. The molecule has 0 atom stereocenters. The van der Waals surface area contributed by atoms with Crippen LogP contribution in [0.5, 0.6) is 23.0 Å². The molecule has 0 amide bonds. The fourth-order valence-corrected chi connectivity index (χ4v) is 3.26. The van der Waals surface area contributed by atoms with Gasteiger partial charge in [0.15, 0.2) is 23.0 Å². The lowest BCUT2D eigenvalue weighted by Gasteiger charge is -2.09. The predicted molar refractivity (Wildman–Crippen MR) is 108 cm³/mol. The molecule has 7 heteroatoms. The molecular weight excluding hydrogens is 376 g/mol. The molecule has 0 aliphatic heterocycles. The number of aliphatic hydroxyl groups is 2. The summed E-state index contributed by atoms with van der Waals surface area (Å²) in [4.78, 5) is 0. The number of ether oxygens (including phenoxy) is 4. The van der Waals surface area contributed by atoms with Gasteiger partial charge in [0.1, 0.15) is 11.5 Å². The fraction of sp³-hybridized carbons (Fsp3) is 0.273. The highest BCUT2D eigenvalue weighted by atomic mass is 16.5. The first-order valence-corrected chi connectivity index (χ1v) is 8.92. The number of aliphatic hydroxyl groups excluding tert-OH is 2. The van der Waals surface area contributed by atoms with Crippen LogP contribution in [0.15, 0.2) is 40.8 Å². The molecule has 1 heterocycles. The van der Waals surface area contributed by atoms with Crippen LogP contribution >= 0.6 is 0 Å². The Morgan fingerprint density at radius 2 is 1.00 bits per heavy atom. The van der Waals surface area contributed by atoms with Gasteiger partial charge in [0.2, 0.25) is 0 Å². The maximum absolute atomic E-state index is 9.99. The van der Waals surface area contributed by atoms with Crippen molar-refractivity contribution in [2.45, 2.75) is 13.2 Å². The van der Waals surface area contributed by atoms with Gasteiger partial charge in [0, 0.05) is 22.3 Å². The lowest BCUT2D eigenvalue weighted by molar-refractivity contribution is 0.262. The first kappa shape index (κ1) is 20.6. The largest absolute Gasteiger partial charge is 0.493 e. The van der Waals surface area contributed by atoms with Crippen LogP contribution in [-0.4, -0.2) is 38.7 Å². The van der Waals surface area contributed by atoms with Crippen LogP contribution in [0.2, 0.25) is 0 Å². The Morgan fingerprint density at radius 3 is 1.31 bits per heavy atom. The average Bonchev–Trinajstić information content (AvgIpc) is 3.16. The molecule has 2 aromatic carbocycles. The highest BCUT2D eigenvalue weighted by Crippen LogP contribution is 2.42. The Morgan fingerprint density at radius 1 is 0.621 bits per heavy atom. The summed E-state index contributed by atoms with van der Waals surface area (Å²) in [6, 6.07) is 10.6. The van der Waals surface area contributed by atoms with E-state index < -0.39 is 0 Å². The van der Waals surface area contributed by atoms with Gasteiger partial charge in [0.25, 0.3) is 0 Å². The Balaban J connectivity index is 2.18. The molecule has 3 aromatic rings. The minimum absolute atomic E-state index is 0.295. The van der Waals surface area contributed by atoms with Gasteiger partial charge in [-0.25, -0.2) is 0 Å². The highest BCUT2D eigenvalue weighted by molar-refractivity contribution is 5.75. The molecule has 1 aromatic heterocycles. The Labute approximate surface area is 169 Å². The van der Waals surface area contributed by atoms with Gasteiger partial charge in [-0.2, -0.15) is 0 Å². The Hall–Kier alpha value is -3.16. The van der Waals surface area contributed by atoms with E-state index in [1.807, 2.05) is 0 Å². The molecule has 0 fully saturated rings. The number of benzene rings is 2. The minimum atomic E-state index is -0.295. The van der Waals surface area contributed by atoms with E-state index in [0.717, 1.165) is 0 Å². The summed E-state index contributed by atoms with van der Waals surface area (Å²) < 4.78 is 27.4. The lowest BCUT2D eigenvalue weighted by Crippen LogP contribution is -1.95. The van der Waals surface area contributed by atoms with Crippen LogP contribution < -0.4 is 18.9 Å². The number of methoxy groups -OCH3 is 4. The number of rotatable bonds is 8. The standard InChI is InChI=1S/C22H24O7/c1-25-17-7-5-13(9-19(17)27-3)21-15(11-23)16(12-24)22(29-21)14-6-8-18(26-2)20(10-14)28-4/h5-10,23-24H,11-12H2,1-4H3. The van der Waals surface area contributed by atoms with Crippen molar-refractivity contribution in [1.29, 1.82) is 0 Å². The van der Waals surface area contributed by atoms with Crippen molar-refractivity contribution in [2.24, 2.45) is 0 Å². The average molecular weight is 400 g/mol. The van der Waals surface area contributed by atoms with Crippen LogP contribution in [-0.2, 0) is 13.2 Å². The quantitative estimate of drug-likeness (QED) is 0.597. The highest BCUT2D eigenvalue weighted by Gasteiger charge is 2.23. The maximum atomic E-state index is 9.99. The zero-order valence-electron chi connectivity index (χ0n) is 16.8. The van der Waals surface area contributed by atoms with Crippen LogP contribution in [0.1, 0.15) is 11.1 Å². The van der Waals surface area contributed by atoms with Gasteiger partial charge in [-0.1, -0.05) is 0 Å². The lowest BCUT2D eigenvalue weighted by atomic mass is 10.0. The number of hydrogen-bond donors (Lipinski definition) is 2. The van der Waals surface area contributed by atoms with Crippen LogP contribution in [0.25, 0.3) is 22.6 Å². The monoisotopic (exact) mass is 400 g/mol. The molecule has 0 bridgehead atoms. The van der Waals surface area contributed by atoms with E-state index in [1.165, 1.54) is 0 Å². The molecule has 154 valence electrons. The number of hydrogen-bond acceptors (Lipinski definition) is 7. The van der Waals surface area contributed by atoms with Gasteiger partial charge in [-0.05, 0) is 36.4 Å². The molecule has 3 rings (SSSR count). The third-order valence-corrected chi connectivity index (χ3v) is 4.72. The Bertz CT molecular complexity index is 913. The fourth-order valence-electron chi connectivity index (χ4n) is 3.26. The molecule has 0 aliphatic rings. The maximum Gasteiger partial charge on any atom is 0.161 e. The third-order valence-electron chi connectivity index (χ3n) is 4.72. The second-order valence-electron chi connectivity index (χ2n) is 6.17. The third kappa shape index (κ3) is 3.74.